The molecule has 0 aliphatic rings. The molecule has 0 rings (SSSR count). The number of primary amides is 1. The topological polar surface area (TPSA) is 339 Å². The van der Waals surface area contributed by atoms with Crippen molar-refractivity contribution in [2.75, 3.05) is 52.4 Å². The van der Waals surface area contributed by atoms with Crippen LogP contribution in [0.3, 0.4) is 0 Å². The molecule has 0 aromatic heterocycles. The Labute approximate surface area is 231 Å². The largest absolute Gasteiger partial charge is 0.480 e. The molecule has 0 aromatic carbocycles. The highest BCUT2D eigenvalue weighted by Gasteiger charge is 2.23. The number of carboxylic acid groups (broad SMARTS) is 1. The van der Waals surface area contributed by atoms with Crippen LogP contribution in [0.25, 0.3) is 0 Å². The number of amides is 9. The van der Waals surface area contributed by atoms with Crippen molar-refractivity contribution < 1.29 is 53.1 Å². The summed E-state index contributed by atoms with van der Waals surface area (Å²) < 4.78 is 0. The number of rotatable bonds is 19. The molecular formula is C20H32N10O11. The first-order valence-electron chi connectivity index (χ1n) is 11.6. The molecule has 0 unspecified atom stereocenters. The van der Waals surface area contributed by atoms with Crippen molar-refractivity contribution in [2.45, 2.75) is 12.5 Å². The summed E-state index contributed by atoms with van der Waals surface area (Å²) in [6, 6.07) is -1.49. The first kappa shape index (κ1) is 35.7. The highest BCUT2D eigenvalue weighted by Crippen LogP contribution is 1.92. The number of carbonyl (C=O) groups is 10. The molecule has 0 heterocycles. The van der Waals surface area contributed by atoms with Crippen LogP contribution in [0, 0.1) is 0 Å². The number of aliphatic carboxylic acids is 1. The molecule has 0 saturated heterocycles. The van der Waals surface area contributed by atoms with Crippen LogP contribution < -0.4 is 54.0 Å². The maximum atomic E-state index is 12.0. The van der Waals surface area contributed by atoms with E-state index in [2.05, 4.69) is 37.2 Å². The minimum absolute atomic E-state index is 0.309. The molecule has 0 bridgehead atoms. The van der Waals surface area contributed by atoms with E-state index in [1.807, 2.05) is 5.32 Å². The predicted octanol–water partition coefficient (Wildman–Crippen LogP) is -8.80. The van der Waals surface area contributed by atoms with Gasteiger partial charge in [-0.15, -0.1) is 0 Å². The SMILES string of the molecule is NCC(=O)NCC(=O)NCC(=O)NCC(=O)NCC(=O)NCC(=O)NCC(=O)N[C@@H](CC(N)=O)C(=O)NCC(=O)O. The molecule has 21 heteroatoms. The van der Waals surface area contributed by atoms with Crippen LogP contribution in [0.15, 0.2) is 0 Å². The van der Waals surface area contributed by atoms with Gasteiger partial charge in [-0.1, -0.05) is 0 Å². The Hall–Kier alpha value is -5.34. The monoisotopic (exact) mass is 588 g/mol. The number of nitrogens with two attached hydrogens (primary N) is 2. The number of hydrogen-bond acceptors (Lipinski definition) is 11. The van der Waals surface area contributed by atoms with Gasteiger partial charge in [-0.3, -0.25) is 47.9 Å². The van der Waals surface area contributed by atoms with Crippen molar-refractivity contribution in [2.24, 2.45) is 11.5 Å². The third-order valence-electron chi connectivity index (χ3n) is 4.33. The van der Waals surface area contributed by atoms with Gasteiger partial charge in [-0.2, -0.15) is 0 Å². The van der Waals surface area contributed by atoms with Crippen molar-refractivity contribution in [3.8, 4) is 0 Å². The van der Waals surface area contributed by atoms with E-state index in [4.69, 9.17) is 16.6 Å². The normalized spacial score (nSPS) is 10.6. The minimum Gasteiger partial charge on any atom is -0.480 e. The van der Waals surface area contributed by atoms with E-state index in [1.54, 1.807) is 0 Å². The van der Waals surface area contributed by atoms with E-state index < -0.39 is 117 Å². The average molecular weight is 589 g/mol. The highest BCUT2D eigenvalue weighted by molar-refractivity contribution is 5.95. The van der Waals surface area contributed by atoms with E-state index in [0.29, 0.717) is 0 Å². The summed E-state index contributed by atoms with van der Waals surface area (Å²) in [6.45, 7) is -4.33. The second kappa shape index (κ2) is 19.7. The maximum absolute atomic E-state index is 12.0. The van der Waals surface area contributed by atoms with Gasteiger partial charge in [0.2, 0.25) is 53.2 Å². The van der Waals surface area contributed by atoms with E-state index in [0.717, 1.165) is 0 Å². The molecule has 0 aliphatic carbocycles. The molecule has 41 heavy (non-hydrogen) atoms. The van der Waals surface area contributed by atoms with E-state index in [-0.39, 0.29) is 6.54 Å². The Kier molecular flexibility index (Phi) is 17.1. The zero-order chi connectivity index (χ0) is 31.4. The van der Waals surface area contributed by atoms with Gasteiger partial charge >= 0.3 is 5.97 Å². The Morgan fingerprint density at radius 1 is 0.512 bits per heavy atom. The lowest BCUT2D eigenvalue weighted by molar-refractivity contribution is -0.138. The lowest BCUT2D eigenvalue weighted by Gasteiger charge is -2.16. The van der Waals surface area contributed by atoms with Crippen LogP contribution >= 0.6 is 0 Å². The molecule has 0 fully saturated rings. The second-order valence-corrected chi connectivity index (χ2v) is 7.77. The van der Waals surface area contributed by atoms with Crippen molar-refractivity contribution in [1.82, 2.24) is 42.5 Å². The summed E-state index contributed by atoms with van der Waals surface area (Å²) in [7, 11) is 0. The highest BCUT2D eigenvalue weighted by atomic mass is 16.4. The van der Waals surface area contributed by atoms with Crippen molar-refractivity contribution in [1.29, 1.82) is 0 Å². The molecule has 9 amide bonds. The quantitative estimate of drug-likeness (QED) is 0.0670. The maximum Gasteiger partial charge on any atom is 0.322 e. The van der Waals surface area contributed by atoms with Gasteiger partial charge in [0.1, 0.15) is 12.6 Å². The van der Waals surface area contributed by atoms with Crippen molar-refractivity contribution in [3.05, 3.63) is 0 Å². The third kappa shape index (κ3) is 19.4. The summed E-state index contributed by atoms with van der Waals surface area (Å²) in [4.78, 5) is 115. The molecule has 0 aliphatic heterocycles. The zero-order valence-corrected chi connectivity index (χ0v) is 21.6. The van der Waals surface area contributed by atoms with Gasteiger partial charge in [0.15, 0.2) is 0 Å². The molecule has 0 aromatic rings. The summed E-state index contributed by atoms with van der Waals surface area (Å²) in [6.07, 6.45) is -0.635. The van der Waals surface area contributed by atoms with Crippen LogP contribution in [0.1, 0.15) is 6.42 Å². The fourth-order valence-electron chi connectivity index (χ4n) is 2.40. The minimum atomic E-state index is -1.49. The fourth-order valence-corrected chi connectivity index (χ4v) is 2.40. The Morgan fingerprint density at radius 2 is 0.854 bits per heavy atom. The molecule has 0 radical (unpaired) electrons. The van der Waals surface area contributed by atoms with Crippen molar-refractivity contribution in [3.63, 3.8) is 0 Å². The average Bonchev–Trinajstić information content (AvgIpc) is 2.92. The Bertz CT molecular complexity index is 1030. The molecule has 0 saturated carbocycles. The van der Waals surface area contributed by atoms with Crippen LogP contribution in [0.5, 0.6) is 0 Å². The van der Waals surface area contributed by atoms with Gasteiger partial charge in [0, 0.05) is 0 Å². The van der Waals surface area contributed by atoms with Crippen LogP contribution in [0.2, 0.25) is 0 Å². The summed E-state index contributed by atoms with van der Waals surface area (Å²) >= 11 is 0. The predicted molar refractivity (Wildman–Crippen MR) is 134 cm³/mol. The lowest BCUT2D eigenvalue weighted by atomic mass is 10.2. The smallest absolute Gasteiger partial charge is 0.322 e. The van der Waals surface area contributed by atoms with Gasteiger partial charge in [0.25, 0.3) is 0 Å². The van der Waals surface area contributed by atoms with Gasteiger partial charge in [-0.05, 0) is 0 Å². The first-order valence-corrected chi connectivity index (χ1v) is 11.6. The van der Waals surface area contributed by atoms with Gasteiger partial charge < -0.3 is 59.1 Å². The Morgan fingerprint density at radius 3 is 1.17 bits per heavy atom. The summed E-state index contributed by atoms with van der Waals surface area (Å²) in [5.41, 5.74) is 10.1. The number of carboxylic acids is 1. The molecule has 21 nitrogen and oxygen atoms in total. The molecular weight excluding hydrogens is 556 g/mol. The second-order valence-electron chi connectivity index (χ2n) is 7.77. The number of nitrogens with one attached hydrogen (secondary N) is 8. The van der Waals surface area contributed by atoms with Crippen molar-refractivity contribution >= 4 is 59.1 Å². The summed E-state index contributed by atoms with van der Waals surface area (Å²) in [5.74, 6) is -8.60. The number of carbonyl (C=O) groups excluding carboxylic acids is 9. The standard InChI is InChI=1S/C20H32N10O11/c21-2-12(32)23-3-13(33)24-4-14(34)25-5-15(35)26-6-16(36)27-7-17(37)28-8-18(38)30-10(1-11(22)31)20(41)29-9-19(39)40/h10H,1-9,21H2,(H2,22,31)(H,23,32)(H,24,33)(H,25,34)(H,26,35)(H,27,36)(H,28,37)(H,29,41)(H,30,38)(H,39,40)/t10-/m0/s1. The lowest BCUT2D eigenvalue weighted by Crippen LogP contribution is -2.52. The van der Waals surface area contributed by atoms with E-state index >= 15 is 0 Å². The molecule has 13 N–H and O–H groups in total. The molecule has 1 atom stereocenters. The van der Waals surface area contributed by atoms with E-state index in [9.17, 15) is 47.9 Å². The Balaban J connectivity index is 4.23. The van der Waals surface area contributed by atoms with Gasteiger partial charge in [-0.25, -0.2) is 0 Å². The van der Waals surface area contributed by atoms with E-state index in [1.165, 1.54) is 0 Å². The zero-order valence-electron chi connectivity index (χ0n) is 21.6. The van der Waals surface area contributed by atoms with Crippen LogP contribution in [-0.4, -0.2) is 123 Å². The molecule has 0 spiro atoms. The number of hydrogen-bond donors (Lipinski definition) is 11. The van der Waals surface area contributed by atoms with Gasteiger partial charge in [0.05, 0.1) is 52.2 Å². The molecule has 228 valence electrons. The first-order chi connectivity index (χ1) is 19.2. The van der Waals surface area contributed by atoms with Crippen LogP contribution in [0.4, 0.5) is 0 Å². The summed E-state index contributed by atoms with van der Waals surface area (Å²) in [5, 5.41) is 25.6. The third-order valence-corrected chi connectivity index (χ3v) is 4.33. The van der Waals surface area contributed by atoms with Crippen LogP contribution in [-0.2, 0) is 47.9 Å². The fraction of sp³-hybridized carbons (Fsp3) is 0.500.